The Bertz CT molecular complexity index is 272. The Morgan fingerprint density at radius 2 is 1.61 bits per heavy atom. The fourth-order valence-corrected chi connectivity index (χ4v) is 1.76. The Kier molecular flexibility index (Phi) is 8.27. The third-order valence-electron chi connectivity index (χ3n) is 2.75. The lowest BCUT2D eigenvalue weighted by Crippen LogP contribution is -2.48. The summed E-state index contributed by atoms with van der Waals surface area (Å²) in [5.41, 5.74) is 0. The van der Waals surface area contributed by atoms with Gasteiger partial charge in [-0.05, 0) is 13.1 Å². The van der Waals surface area contributed by atoms with Crippen molar-refractivity contribution in [2.45, 2.75) is 19.9 Å². The summed E-state index contributed by atoms with van der Waals surface area (Å²) in [5.74, 6) is -1.90. The van der Waals surface area contributed by atoms with Crippen molar-refractivity contribution in [1.82, 2.24) is 9.80 Å². The highest BCUT2D eigenvalue weighted by Gasteiger charge is 2.21. The summed E-state index contributed by atoms with van der Waals surface area (Å²) in [4.78, 5) is 24.6. The normalized spacial score (nSPS) is 12.9. The Morgan fingerprint density at radius 1 is 1.06 bits per heavy atom. The molecule has 0 aromatic heterocycles. The molecule has 18 heavy (non-hydrogen) atoms. The van der Waals surface area contributed by atoms with Crippen LogP contribution in [0.5, 0.6) is 0 Å². The van der Waals surface area contributed by atoms with Crippen LogP contribution in [0, 0.1) is 0 Å². The van der Waals surface area contributed by atoms with Gasteiger partial charge in [-0.1, -0.05) is 13.8 Å². The Labute approximate surface area is 107 Å². The molecule has 0 amide bonds. The molecule has 1 atom stereocenters. The van der Waals surface area contributed by atoms with Gasteiger partial charge in [-0.15, -0.1) is 0 Å². The van der Waals surface area contributed by atoms with Gasteiger partial charge >= 0.3 is 11.9 Å². The van der Waals surface area contributed by atoms with Crippen molar-refractivity contribution in [2.24, 2.45) is 0 Å². The molecule has 3 N–H and O–H groups in total. The second kappa shape index (κ2) is 8.84. The minimum Gasteiger partial charge on any atom is -0.480 e. The zero-order valence-corrected chi connectivity index (χ0v) is 10.9. The second-order valence-electron chi connectivity index (χ2n) is 4.01. The van der Waals surface area contributed by atoms with E-state index in [0.717, 1.165) is 0 Å². The molecular formula is C11H22N2O5. The van der Waals surface area contributed by atoms with Crippen molar-refractivity contribution in [1.29, 1.82) is 0 Å². The zero-order valence-electron chi connectivity index (χ0n) is 10.9. The lowest BCUT2D eigenvalue weighted by Gasteiger charge is -2.31. The lowest BCUT2D eigenvalue weighted by atomic mass is 10.2. The summed E-state index contributed by atoms with van der Waals surface area (Å²) in [5, 5.41) is 26.8. The smallest absolute Gasteiger partial charge is 0.317 e. The zero-order chi connectivity index (χ0) is 14.1. The molecule has 7 nitrogen and oxygen atoms in total. The first-order chi connectivity index (χ1) is 8.44. The molecule has 0 saturated carbocycles. The van der Waals surface area contributed by atoms with Crippen LogP contribution < -0.4 is 0 Å². The van der Waals surface area contributed by atoms with E-state index in [4.69, 9.17) is 10.2 Å². The SMILES string of the molecule is CCN(CC(=O)O)CC(CO)N(CC)CC(=O)O. The number of hydrogen-bond acceptors (Lipinski definition) is 5. The second-order valence-corrected chi connectivity index (χ2v) is 4.01. The van der Waals surface area contributed by atoms with Crippen molar-refractivity contribution >= 4 is 11.9 Å². The summed E-state index contributed by atoms with van der Waals surface area (Å²) in [6.07, 6.45) is 0. The fourth-order valence-electron chi connectivity index (χ4n) is 1.76. The van der Waals surface area contributed by atoms with Crippen molar-refractivity contribution in [3.05, 3.63) is 0 Å². The summed E-state index contributed by atoms with van der Waals surface area (Å²) < 4.78 is 0. The van der Waals surface area contributed by atoms with E-state index in [9.17, 15) is 14.7 Å². The van der Waals surface area contributed by atoms with Gasteiger partial charge in [0.15, 0.2) is 0 Å². The number of rotatable bonds is 10. The molecule has 106 valence electrons. The third-order valence-corrected chi connectivity index (χ3v) is 2.75. The Balaban J connectivity index is 4.52. The quantitative estimate of drug-likeness (QED) is 0.472. The van der Waals surface area contributed by atoms with Crippen molar-refractivity contribution < 1.29 is 24.9 Å². The number of aliphatic carboxylic acids is 2. The number of likely N-dealkylation sites (N-methyl/N-ethyl adjacent to an activating group) is 2. The van der Waals surface area contributed by atoms with Gasteiger partial charge in [0.25, 0.3) is 0 Å². The van der Waals surface area contributed by atoms with Crippen LogP contribution in [0.25, 0.3) is 0 Å². The Morgan fingerprint density at radius 3 is 1.94 bits per heavy atom. The number of carboxylic acid groups (broad SMARTS) is 2. The number of aliphatic hydroxyl groups is 1. The largest absolute Gasteiger partial charge is 0.480 e. The van der Waals surface area contributed by atoms with E-state index in [-0.39, 0.29) is 25.7 Å². The van der Waals surface area contributed by atoms with E-state index in [1.807, 2.05) is 6.92 Å². The van der Waals surface area contributed by atoms with Gasteiger partial charge < -0.3 is 15.3 Å². The Hall–Kier alpha value is -1.18. The van der Waals surface area contributed by atoms with Crippen LogP contribution in [-0.4, -0.2) is 82.4 Å². The predicted octanol–water partition coefficient (Wildman–Crippen LogP) is -0.840. The van der Waals surface area contributed by atoms with Crippen molar-refractivity contribution in [2.75, 3.05) is 39.3 Å². The average Bonchev–Trinajstić information content (AvgIpc) is 2.30. The fraction of sp³-hybridized carbons (Fsp3) is 0.818. The molecule has 0 heterocycles. The highest BCUT2D eigenvalue weighted by Crippen LogP contribution is 2.02. The average molecular weight is 262 g/mol. The number of hydrogen-bond donors (Lipinski definition) is 3. The topological polar surface area (TPSA) is 101 Å². The number of aliphatic hydroxyl groups excluding tert-OH is 1. The van der Waals surface area contributed by atoms with Crippen molar-refractivity contribution in [3.63, 3.8) is 0 Å². The minimum atomic E-state index is -0.961. The molecular weight excluding hydrogens is 240 g/mol. The van der Waals surface area contributed by atoms with Crippen LogP contribution in [-0.2, 0) is 9.59 Å². The number of nitrogens with zero attached hydrogens (tertiary/aromatic N) is 2. The minimum absolute atomic E-state index is 0.113. The first kappa shape index (κ1) is 16.8. The van der Waals surface area contributed by atoms with Gasteiger partial charge in [0, 0.05) is 12.6 Å². The van der Waals surface area contributed by atoms with E-state index in [1.54, 1.807) is 16.7 Å². The molecule has 7 heteroatoms. The van der Waals surface area contributed by atoms with Crippen LogP contribution in [0.15, 0.2) is 0 Å². The summed E-state index contributed by atoms with van der Waals surface area (Å²) in [6.45, 7) is 4.52. The molecule has 0 aromatic rings. The predicted molar refractivity (Wildman–Crippen MR) is 65.5 cm³/mol. The van der Waals surface area contributed by atoms with Gasteiger partial charge in [-0.25, -0.2) is 0 Å². The number of carbonyl (C=O) groups is 2. The van der Waals surface area contributed by atoms with Gasteiger partial charge in [0.05, 0.1) is 19.7 Å². The van der Waals surface area contributed by atoms with Gasteiger partial charge in [-0.2, -0.15) is 0 Å². The summed E-state index contributed by atoms with van der Waals surface area (Å²) >= 11 is 0. The van der Waals surface area contributed by atoms with Crippen LogP contribution in [0.3, 0.4) is 0 Å². The van der Waals surface area contributed by atoms with E-state index in [2.05, 4.69) is 0 Å². The molecule has 0 bridgehead atoms. The molecule has 0 rings (SSSR count). The van der Waals surface area contributed by atoms with Crippen molar-refractivity contribution in [3.8, 4) is 0 Å². The van der Waals surface area contributed by atoms with Crippen LogP contribution >= 0.6 is 0 Å². The molecule has 0 aliphatic carbocycles. The standard InChI is InChI=1S/C11H22N2O5/c1-3-12(6-10(15)16)5-9(8-14)13(4-2)7-11(17)18/h9,14H,3-8H2,1-2H3,(H,15,16)(H,17,18). The molecule has 0 aliphatic rings. The number of carboxylic acids is 2. The van der Waals surface area contributed by atoms with E-state index in [0.29, 0.717) is 19.6 Å². The highest BCUT2D eigenvalue weighted by molar-refractivity contribution is 5.69. The van der Waals surface area contributed by atoms with Crippen LogP contribution in [0.2, 0.25) is 0 Å². The third kappa shape index (κ3) is 6.53. The maximum Gasteiger partial charge on any atom is 0.317 e. The van der Waals surface area contributed by atoms with Gasteiger partial charge in [0.1, 0.15) is 0 Å². The summed E-state index contributed by atoms with van der Waals surface area (Å²) in [6, 6.07) is -0.370. The molecule has 1 unspecified atom stereocenters. The lowest BCUT2D eigenvalue weighted by molar-refractivity contribution is -0.141. The molecule has 0 fully saturated rings. The van der Waals surface area contributed by atoms with E-state index in [1.165, 1.54) is 0 Å². The molecule has 0 spiro atoms. The van der Waals surface area contributed by atoms with E-state index < -0.39 is 11.9 Å². The first-order valence-corrected chi connectivity index (χ1v) is 5.95. The highest BCUT2D eigenvalue weighted by atomic mass is 16.4. The molecule has 0 aromatic carbocycles. The molecule has 0 radical (unpaired) electrons. The van der Waals surface area contributed by atoms with Crippen LogP contribution in [0.1, 0.15) is 13.8 Å². The maximum absolute atomic E-state index is 10.7. The van der Waals surface area contributed by atoms with Gasteiger partial charge in [0.2, 0.25) is 0 Å². The molecule has 0 saturated heterocycles. The van der Waals surface area contributed by atoms with E-state index >= 15 is 0 Å². The first-order valence-electron chi connectivity index (χ1n) is 5.95. The monoisotopic (exact) mass is 262 g/mol. The van der Waals surface area contributed by atoms with Gasteiger partial charge in [-0.3, -0.25) is 19.4 Å². The summed E-state index contributed by atoms with van der Waals surface area (Å²) in [7, 11) is 0. The molecule has 0 aliphatic heterocycles. The maximum atomic E-state index is 10.7. The van der Waals surface area contributed by atoms with Crippen LogP contribution in [0.4, 0.5) is 0 Å².